The number of cyclic esters (lactones) is 1. The van der Waals surface area contributed by atoms with Gasteiger partial charge in [0.15, 0.2) is 0 Å². The van der Waals surface area contributed by atoms with Gasteiger partial charge >= 0.3 is 11.9 Å². The lowest BCUT2D eigenvalue weighted by Crippen LogP contribution is -2.08. The smallest absolute Gasteiger partial charge is 0.353 e. The molecule has 0 aromatic heterocycles. The van der Waals surface area contributed by atoms with Crippen LogP contribution in [-0.2, 0) is 16.0 Å². The van der Waals surface area contributed by atoms with Crippen LogP contribution in [0.4, 0.5) is 5.69 Å². The predicted molar refractivity (Wildman–Crippen MR) is 75.9 cm³/mol. The lowest BCUT2D eigenvalue weighted by atomic mass is 9.94. The fraction of sp³-hybridized carbons (Fsp3) is 0.125. The monoisotopic (exact) mass is 283 g/mol. The number of carbonyl (C=O) groups is 2. The molecular weight excluding hydrogens is 270 g/mol. The van der Waals surface area contributed by atoms with Crippen LogP contribution in [0.25, 0.3) is 0 Å². The molecule has 3 rings (SSSR count). The number of nitrogens with two attached hydrogens (primary N) is 1. The molecule has 0 bridgehead atoms. The molecular formula is C16H13NO4. The SMILES string of the molecule is Nc1c(C(=O)O)ccc(Cc2ccccc2)c1C1OC1=O. The van der Waals surface area contributed by atoms with Crippen molar-refractivity contribution in [3.8, 4) is 0 Å². The molecule has 0 saturated carbocycles. The van der Waals surface area contributed by atoms with E-state index in [-0.39, 0.29) is 17.2 Å². The van der Waals surface area contributed by atoms with Gasteiger partial charge in [0, 0.05) is 5.56 Å². The number of rotatable bonds is 4. The Morgan fingerprint density at radius 2 is 1.86 bits per heavy atom. The van der Waals surface area contributed by atoms with Crippen molar-refractivity contribution in [2.75, 3.05) is 5.73 Å². The second kappa shape index (κ2) is 4.94. The van der Waals surface area contributed by atoms with E-state index in [2.05, 4.69) is 0 Å². The van der Waals surface area contributed by atoms with Gasteiger partial charge in [-0.2, -0.15) is 0 Å². The van der Waals surface area contributed by atoms with Gasteiger partial charge in [0.1, 0.15) is 0 Å². The fourth-order valence-electron chi connectivity index (χ4n) is 2.41. The number of nitrogen functional groups attached to an aromatic ring is 1. The van der Waals surface area contributed by atoms with Crippen LogP contribution in [0.2, 0.25) is 0 Å². The van der Waals surface area contributed by atoms with Gasteiger partial charge < -0.3 is 15.6 Å². The number of carboxylic acids is 1. The van der Waals surface area contributed by atoms with Crippen molar-refractivity contribution >= 4 is 17.6 Å². The lowest BCUT2D eigenvalue weighted by molar-refractivity contribution is -0.117. The number of benzene rings is 2. The van der Waals surface area contributed by atoms with Gasteiger partial charge in [-0.25, -0.2) is 9.59 Å². The highest BCUT2D eigenvalue weighted by Gasteiger charge is 2.43. The van der Waals surface area contributed by atoms with E-state index in [0.717, 1.165) is 11.1 Å². The molecule has 0 spiro atoms. The highest BCUT2D eigenvalue weighted by Crippen LogP contribution is 2.40. The van der Waals surface area contributed by atoms with Crippen molar-refractivity contribution in [2.24, 2.45) is 0 Å². The maximum Gasteiger partial charge on any atom is 0.353 e. The second-order valence-electron chi connectivity index (χ2n) is 4.88. The maximum absolute atomic E-state index is 11.3. The normalized spacial score (nSPS) is 16.4. The number of carboxylic acid groups (broad SMARTS) is 1. The van der Waals surface area contributed by atoms with Crippen molar-refractivity contribution < 1.29 is 19.4 Å². The molecule has 1 aliphatic rings. The van der Waals surface area contributed by atoms with Gasteiger partial charge in [-0.3, -0.25) is 0 Å². The average Bonchev–Trinajstić information content (AvgIpc) is 3.16. The van der Waals surface area contributed by atoms with Gasteiger partial charge in [-0.05, 0) is 23.6 Å². The minimum Gasteiger partial charge on any atom is -0.478 e. The van der Waals surface area contributed by atoms with Gasteiger partial charge in [-0.15, -0.1) is 0 Å². The molecule has 1 atom stereocenters. The van der Waals surface area contributed by atoms with E-state index in [1.54, 1.807) is 6.07 Å². The number of anilines is 1. The highest BCUT2D eigenvalue weighted by molar-refractivity contribution is 5.98. The van der Waals surface area contributed by atoms with E-state index in [0.29, 0.717) is 12.0 Å². The van der Waals surface area contributed by atoms with Crippen LogP contribution in [0, 0.1) is 0 Å². The number of hydrogen-bond acceptors (Lipinski definition) is 4. The van der Waals surface area contributed by atoms with Gasteiger partial charge in [0.05, 0.1) is 11.3 Å². The molecule has 0 radical (unpaired) electrons. The molecule has 5 heteroatoms. The molecule has 1 fully saturated rings. The van der Waals surface area contributed by atoms with Crippen LogP contribution in [0.1, 0.15) is 33.2 Å². The van der Waals surface area contributed by atoms with Crippen LogP contribution in [-0.4, -0.2) is 17.0 Å². The fourth-order valence-corrected chi connectivity index (χ4v) is 2.41. The van der Waals surface area contributed by atoms with Crippen molar-refractivity contribution in [1.29, 1.82) is 0 Å². The summed E-state index contributed by atoms with van der Waals surface area (Å²) in [4.78, 5) is 22.5. The molecule has 1 heterocycles. The summed E-state index contributed by atoms with van der Waals surface area (Å²) in [6, 6.07) is 12.8. The van der Waals surface area contributed by atoms with E-state index >= 15 is 0 Å². The Bertz CT molecular complexity index is 725. The third-order valence-corrected chi connectivity index (χ3v) is 3.50. The molecule has 0 amide bonds. The standard InChI is InChI=1S/C16H13NO4/c17-13-11(15(18)19)7-6-10(12(13)14-16(20)21-14)8-9-4-2-1-3-5-9/h1-7,14H,8,17H2,(H,18,19). The molecule has 2 aromatic carbocycles. The Morgan fingerprint density at radius 3 is 2.43 bits per heavy atom. The number of ether oxygens (including phenoxy) is 1. The zero-order valence-electron chi connectivity index (χ0n) is 11.1. The molecule has 0 aliphatic carbocycles. The molecule has 106 valence electrons. The minimum absolute atomic E-state index is 0.00916. The quantitative estimate of drug-likeness (QED) is 0.662. The summed E-state index contributed by atoms with van der Waals surface area (Å²) in [6.45, 7) is 0. The summed E-state index contributed by atoms with van der Waals surface area (Å²) in [6.07, 6.45) is -0.170. The summed E-state index contributed by atoms with van der Waals surface area (Å²) in [7, 11) is 0. The summed E-state index contributed by atoms with van der Waals surface area (Å²) in [5, 5.41) is 9.13. The number of carbonyl (C=O) groups excluding carboxylic acids is 1. The third kappa shape index (κ3) is 2.45. The first-order chi connectivity index (χ1) is 10.1. The van der Waals surface area contributed by atoms with Crippen molar-refractivity contribution in [3.63, 3.8) is 0 Å². The molecule has 5 nitrogen and oxygen atoms in total. The maximum atomic E-state index is 11.3. The van der Waals surface area contributed by atoms with Gasteiger partial charge in [0.25, 0.3) is 0 Å². The summed E-state index contributed by atoms with van der Waals surface area (Å²) < 4.78 is 4.89. The topological polar surface area (TPSA) is 92.9 Å². The Kier molecular flexibility index (Phi) is 3.10. The van der Waals surface area contributed by atoms with E-state index < -0.39 is 12.1 Å². The second-order valence-corrected chi connectivity index (χ2v) is 4.88. The first kappa shape index (κ1) is 13.2. The van der Waals surface area contributed by atoms with E-state index in [1.807, 2.05) is 30.3 Å². The lowest BCUT2D eigenvalue weighted by Gasteiger charge is -2.12. The largest absolute Gasteiger partial charge is 0.478 e. The molecule has 3 N–H and O–H groups in total. The Morgan fingerprint density at radius 1 is 1.19 bits per heavy atom. The van der Waals surface area contributed by atoms with Crippen LogP contribution in [0.3, 0.4) is 0 Å². The van der Waals surface area contributed by atoms with Crippen molar-refractivity contribution in [3.05, 3.63) is 64.7 Å². The van der Waals surface area contributed by atoms with Crippen LogP contribution in [0.15, 0.2) is 42.5 Å². The van der Waals surface area contributed by atoms with Gasteiger partial charge in [0.2, 0.25) is 6.10 Å². The minimum atomic E-state index is -1.12. The van der Waals surface area contributed by atoms with E-state index in [9.17, 15) is 9.59 Å². The average molecular weight is 283 g/mol. The Balaban J connectivity index is 2.06. The third-order valence-electron chi connectivity index (χ3n) is 3.50. The summed E-state index contributed by atoms with van der Waals surface area (Å²) in [5.74, 6) is -1.49. The Labute approximate surface area is 121 Å². The zero-order chi connectivity index (χ0) is 15.0. The molecule has 2 aromatic rings. The first-order valence-electron chi connectivity index (χ1n) is 6.47. The van der Waals surface area contributed by atoms with Crippen molar-refractivity contribution in [1.82, 2.24) is 0 Å². The summed E-state index contributed by atoms with van der Waals surface area (Å²) in [5.41, 5.74) is 8.35. The van der Waals surface area contributed by atoms with Crippen molar-refractivity contribution in [2.45, 2.75) is 12.5 Å². The molecule has 1 unspecified atom stereocenters. The molecule has 1 saturated heterocycles. The predicted octanol–water partition coefficient (Wildman–Crippen LogP) is 2.16. The number of aromatic carboxylic acids is 1. The first-order valence-corrected chi connectivity index (χ1v) is 6.47. The molecule has 1 aliphatic heterocycles. The van der Waals surface area contributed by atoms with Gasteiger partial charge in [-0.1, -0.05) is 36.4 Å². The van der Waals surface area contributed by atoms with Crippen LogP contribution in [0.5, 0.6) is 0 Å². The number of epoxide rings is 1. The van der Waals surface area contributed by atoms with Crippen LogP contribution < -0.4 is 5.73 Å². The summed E-state index contributed by atoms with van der Waals surface area (Å²) >= 11 is 0. The van der Waals surface area contributed by atoms with E-state index in [1.165, 1.54) is 6.07 Å². The van der Waals surface area contributed by atoms with E-state index in [4.69, 9.17) is 15.6 Å². The van der Waals surface area contributed by atoms with Crippen LogP contribution >= 0.6 is 0 Å². The Hall–Kier alpha value is -2.82. The highest BCUT2D eigenvalue weighted by atomic mass is 16.6. The zero-order valence-corrected chi connectivity index (χ0v) is 11.1. The molecule has 21 heavy (non-hydrogen) atoms. The number of hydrogen-bond donors (Lipinski definition) is 2.